The van der Waals surface area contributed by atoms with E-state index in [9.17, 15) is 17.2 Å². The third kappa shape index (κ3) is 3.36. The van der Waals surface area contributed by atoms with Gasteiger partial charge in [-0.05, 0) is 31.2 Å². The molecule has 9 heteroatoms. The van der Waals surface area contributed by atoms with Gasteiger partial charge in [0.1, 0.15) is 11.6 Å². The predicted molar refractivity (Wildman–Crippen MR) is 84.1 cm³/mol. The van der Waals surface area contributed by atoms with E-state index in [1.54, 1.807) is 0 Å². The van der Waals surface area contributed by atoms with Crippen molar-refractivity contribution in [1.29, 1.82) is 0 Å². The highest BCUT2D eigenvalue weighted by Crippen LogP contribution is 2.21. The average molecular weight is 354 g/mol. The first-order valence-corrected chi connectivity index (χ1v) is 8.82. The zero-order valence-corrected chi connectivity index (χ0v) is 13.8. The van der Waals surface area contributed by atoms with Crippen molar-refractivity contribution in [2.45, 2.75) is 11.8 Å². The van der Waals surface area contributed by atoms with Crippen molar-refractivity contribution in [2.75, 3.05) is 31.1 Å². The Labute approximate surface area is 138 Å². The fourth-order valence-electron chi connectivity index (χ4n) is 2.54. The molecule has 1 fully saturated rings. The molecule has 3 rings (SSSR count). The summed E-state index contributed by atoms with van der Waals surface area (Å²) in [5, 5.41) is 8.06. The highest BCUT2D eigenvalue weighted by molar-refractivity contribution is 7.89. The molecule has 1 saturated heterocycles. The molecule has 1 aliphatic heterocycles. The van der Waals surface area contributed by atoms with Crippen molar-refractivity contribution in [3.05, 3.63) is 47.7 Å². The zero-order chi connectivity index (χ0) is 17.3. The summed E-state index contributed by atoms with van der Waals surface area (Å²) >= 11 is 0. The Morgan fingerprint density at radius 2 is 1.58 bits per heavy atom. The van der Waals surface area contributed by atoms with Crippen LogP contribution in [-0.4, -0.2) is 49.1 Å². The number of aromatic nitrogens is 2. The molecule has 24 heavy (non-hydrogen) atoms. The summed E-state index contributed by atoms with van der Waals surface area (Å²) in [6, 6.07) is 5.97. The molecule has 1 aromatic carbocycles. The Morgan fingerprint density at radius 3 is 2.12 bits per heavy atom. The summed E-state index contributed by atoms with van der Waals surface area (Å²) in [7, 11) is -3.93. The van der Waals surface area contributed by atoms with Gasteiger partial charge in [-0.3, -0.25) is 0 Å². The van der Waals surface area contributed by atoms with E-state index < -0.39 is 21.7 Å². The van der Waals surface area contributed by atoms with E-state index in [-0.39, 0.29) is 18.0 Å². The lowest BCUT2D eigenvalue weighted by Gasteiger charge is -2.34. The molecule has 0 unspecified atom stereocenters. The highest BCUT2D eigenvalue weighted by Gasteiger charge is 2.29. The van der Waals surface area contributed by atoms with Crippen LogP contribution in [0.15, 0.2) is 35.2 Å². The summed E-state index contributed by atoms with van der Waals surface area (Å²) in [6.07, 6.45) is 0. The molecule has 0 radical (unpaired) electrons. The normalized spacial score (nSPS) is 16.4. The van der Waals surface area contributed by atoms with E-state index in [1.807, 2.05) is 24.0 Å². The van der Waals surface area contributed by atoms with Crippen LogP contribution in [0.25, 0.3) is 0 Å². The molecule has 1 aliphatic rings. The van der Waals surface area contributed by atoms with Gasteiger partial charge in [0.05, 0.1) is 10.6 Å². The quantitative estimate of drug-likeness (QED) is 0.837. The highest BCUT2D eigenvalue weighted by atomic mass is 32.2. The first-order valence-electron chi connectivity index (χ1n) is 7.38. The molecule has 1 aromatic heterocycles. The Morgan fingerprint density at radius 1 is 0.958 bits per heavy atom. The topological polar surface area (TPSA) is 66.4 Å². The van der Waals surface area contributed by atoms with Crippen molar-refractivity contribution in [3.63, 3.8) is 0 Å². The van der Waals surface area contributed by atoms with E-state index in [0.717, 1.165) is 17.8 Å². The fraction of sp³-hybridized carbons (Fsp3) is 0.333. The van der Waals surface area contributed by atoms with Crippen molar-refractivity contribution < 1.29 is 17.2 Å². The molecule has 0 bridgehead atoms. The van der Waals surface area contributed by atoms with Crippen molar-refractivity contribution in [1.82, 2.24) is 14.5 Å². The van der Waals surface area contributed by atoms with Crippen LogP contribution in [0.5, 0.6) is 0 Å². The second kappa shape index (κ2) is 6.40. The van der Waals surface area contributed by atoms with Crippen LogP contribution >= 0.6 is 0 Å². The summed E-state index contributed by atoms with van der Waals surface area (Å²) in [5.41, 5.74) is 0.799. The molecule has 0 aliphatic carbocycles. The summed E-state index contributed by atoms with van der Waals surface area (Å²) in [4.78, 5) is 1.55. The van der Waals surface area contributed by atoms with Gasteiger partial charge in [0.25, 0.3) is 0 Å². The van der Waals surface area contributed by atoms with Crippen molar-refractivity contribution in [2.24, 2.45) is 0 Å². The second-order valence-electron chi connectivity index (χ2n) is 5.53. The zero-order valence-electron chi connectivity index (χ0n) is 13.0. The molecule has 0 atom stereocenters. The molecule has 6 nitrogen and oxygen atoms in total. The van der Waals surface area contributed by atoms with Crippen LogP contribution < -0.4 is 4.90 Å². The molecular weight excluding hydrogens is 338 g/mol. The minimum absolute atomic E-state index is 0.204. The van der Waals surface area contributed by atoms with E-state index in [1.165, 1.54) is 4.31 Å². The van der Waals surface area contributed by atoms with E-state index in [2.05, 4.69) is 10.2 Å². The molecule has 0 saturated carbocycles. The average Bonchev–Trinajstić information content (AvgIpc) is 2.55. The minimum atomic E-state index is -3.93. The number of benzene rings is 1. The third-order valence-corrected chi connectivity index (χ3v) is 5.70. The van der Waals surface area contributed by atoms with Gasteiger partial charge in [0.2, 0.25) is 10.0 Å². The van der Waals surface area contributed by atoms with Crippen LogP contribution in [0.3, 0.4) is 0 Å². The monoisotopic (exact) mass is 354 g/mol. The Hall–Kier alpha value is -2.13. The fourth-order valence-corrected chi connectivity index (χ4v) is 4.01. The summed E-state index contributed by atoms with van der Waals surface area (Å²) in [6.45, 7) is 3.09. The van der Waals surface area contributed by atoms with Crippen LogP contribution in [-0.2, 0) is 10.0 Å². The predicted octanol–water partition coefficient (Wildman–Crippen LogP) is 1.57. The number of rotatable bonds is 3. The number of aryl methyl sites for hydroxylation is 1. The van der Waals surface area contributed by atoms with Crippen LogP contribution in [0.4, 0.5) is 14.6 Å². The molecule has 0 N–H and O–H groups in total. The number of halogens is 2. The molecule has 128 valence electrons. The number of hydrogen-bond donors (Lipinski definition) is 0. The number of piperazine rings is 1. The SMILES string of the molecule is Cc1ccc(N2CCN(S(=O)(=O)c3cc(F)cc(F)c3)CC2)nn1. The number of anilines is 1. The minimum Gasteiger partial charge on any atom is -0.352 e. The van der Waals surface area contributed by atoms with Crippen molar-refractivity contribution in [3.8, 4) is 0 Å². The molecular formula is C15H16F2N4O2S. The lowest BCUT2D eigenvalue weighted by Crippen LogP contribution is -2.49. The Kier molecular flexibility index (Phi) is 4.46. The first-order chi connectivity index (χ1) is 11.4. The van der Waals surface area contributed by atoms with Gasteiger partial charge >= 0.3 is 0 Å². The maximum Gasteiger partial charge on any atom is 0.243 e. The Bertz CT molecular complexity index is 815. The molecule has 0 amide bonds. The first kappa shape index (κ1) is 16.7. The van der Waals surface area contributed by atoms with Crippen molar-refractivity contribution >= 4 is 15.8 Å². The molecule has 2 aromatic rings. The van der Waals surface area contributed by atoms with E-state index in [0.29, 0.717) is 25.0 Å². The van der Waals surface area contributed by atoms with Gasteiger partial charge in [0.15, 0.2) is 5.82 Å². The van der Waals surface area contributed by atoms with Crippen LogP contribution in [0.1, 0.15) is 5.69 Å². The number of sulfonamides is 1. The van der Waals surface area contributed by atoms with Gasteiger partial charge in [-0.15, -0.1) is 5.10 Å². The van der Waals surface area contributed by atoms with Gasteiger partial charge in [-0.25, -0.2) is 17.2 Å². The molecule has 2 heterocycles. The van der Waals surface area contributed by atoms with E-state index in [4.69, 9.17) is 0 Å². The summed E-state index contributed by atoms with van der Waals surface area (Å²) < 4.78 is 52.9. The van der Waals surface area contributed by atoms with E-state index >= 15 is 0 Å². The van der Waals surface area contributed by atoms with Gasteiger partial charge in [0, 0.05) is 32.2 Å². The van der Waals surface area contributed by atoms with Gasteiger partial charge in [-0.2, -0.15) is 9.40 Å². The second-order valence-corrected chi connectivity index (χ2v) is 7.47. The standard InChI is InChI=1S/C15H16F2N4O2S/c1-11-2-3-15(19-18-11)20-4-6-21(7-5-20)24(22,23)14-9-12(16)8-13(17)10-14/h2-3,8-10H,4-7H2,1H3. The van der Waals surface area contributed by atoms with Crippen LogP contribution in [0.2, 0.25) is 0 Å². The lowest BCUT2D eigenvalue weighted by atomic mass is 10.3. The smallest absolute Gasteiger partial charge is 0.243 e. The maximum absolute atomic E-state index is 13.3. The third-order valence-electron chi connectivity index (χ3n) is 3.82. The van der Waals surface area contributed by atoms with Gasteiger partial charge < -0.3 is 4.90 Å². The molecule has 0 spiro atoms. The number of hydrogen-bond acceptors (Lipinski definition) is 5. The van der Waals surface area contributed by atoms with Gasteiger partial charge in [-0.1, -0.05) is 0 Å². The largest absolute Gasteiger partial charge is 0.352 e. The Balaban J connectivity index is 1.74. The summed E-state index contributed by atoms with van der Waals surface area (Å²) in [5.74, 6) is -1.15. The van der Waals surface area contributed by atoms with Crippen LogP contribution in [0, 0.1) is 18.6 Å². The lowest BCUT2D eigenvalue weighted by molar-refractivity contribution is 0.383. The maximum atomic E-state index is 13.3. The number of nitrogens with zero attached hydrogens (tertiary/aromatic N) is 4.